The minimum atomic E-state index is -4.55. The van der Waals surface area contributed by atoms with E-state index in [0.29, 0.717) is 6.42 Å². The monoisotopic (exact) mass is 403 g/mol. The van der Waals surface area contributed by atoms with E-state index >= 15 is 0 Å². The molecule has 0 radical (unpaired) electrons. The Morgan fingerprint density at radius 3 is 2.54 bits per heavy atom. The van der Waals surface area contributed by atoms with Gasteiger partial charge in [0.2, 0.25) is 0 Å². The van der Waals surface area contributed by atoms with E-state index in [1.54, 1.807) is 0 Å². The van der Waals surface area contributed by atoms with Crippen LogP contribution in [0.1, 0.15) is 44.9 Å². The molecular formula is C19H25F4N3O2. The van der Waals surface area contributed by atoms with Gasteiger partial charge in [0.15, 0.2) is 11.5 Å². The summed E-state index contributed by atoms with van der Waals surface area (Å²) in [7, 11) is 1.50. The Morgan fingerprint density at radius 1 is 1.29 bits per heavy atom. The number of likely N-dealkylation sites (N-methyl/N-ethyl adjacent to an activating group) is 1. The summed E-state index contributed by atoms with van der Waals surface area (Å²) in [4.78, 5) is 18.4. The number of hydrogen-bond donors (Lipinski definition) is 1. The minimum absolute atomic E-state index is 0.0416. The molecule has 28 heavy (non-hydrogen) atoms. The van der Waals surface area contributed by atoms with Gasteiger partial charge in [-0.1, -0.05) is 38.2 Å². The van der Waals surface area contributed by atoms with Crippen LogP contribution in [0.25, 0.3) is 0 Å². The molecule has 2 aliphatic carbocycles. The number of carbonyl (C=O) groups is 1. The van der Waals surface area contributed by atoms with Crippen molar-refractivity contribution in [1.29, 1.82) is 0 Å². The van der Waals surface area contributed by atoms with Crippen molar-refractivity contribution in [2.24, 2.45) is 16.6 Å². The molecule has 2 N–H and O–H groups in total. The van der Waals surface area contributed by atoms with Crippen molar-refractivity contribution in [2.75, 3.05) is 13.7 Å². The SMILES string of the molecule is CN1C(=O)C(COC2CC(C(F)(F)F)=CC=C2F)(CC2CCCCC2)N=C1N. The second kappa shape index (κ2) is 7.85. The van der Waals surface area contributed by atoms with Crippen molar-refractivity contribution in [3.05, 3.63) is 23.6 Å². The largest absolute Gasteiger partial charge is 0.412 e. The molecule has 0 saturated heterocycles. The third kappa shape index (κ3) is 4.24. The van der Waals surface area contributed by atoms with Crippen LogP contribution in [0.2, 0.25) is 0 Å². The van der Waals surface area contributed by atoms with Crippen LogP contribution in [0.5, 0.6) is 0 Å². The van der Waals surface area contributed by atoms with Gasteiger partial charge in [-0.15, -0.1) is 0 Å². The lowest BCUT2D eigenvalue weighted by atomic mass is 9.79. The molecule has 1 aliphatic heterocycles. The van der Waals surface area contributed by atoms with Gasteiger partial charge in [0.1, 0.15) is 11.9 Å². The fourth-order valence-electron chi connectivity index (χ4n) is 4.15. The van der Waals surface area contributed by atoms with Gasteiger partial charge in [-0.25, -0.2) is 9.38 Å². The van der Waals surface area contributed by atoms with E-state index in [2.05, 4.69) is 4.99 Å². The number of rotatable bonds is 5. The maximum atomic E-state index is 14.1. The number of guanidine groups is 1. The predicted molar refractivity (Wildman–Crippen MR) is 96.0 cm³/mol. The molecule has 1 heterocycles. The summed E-state index contributed by atoms with van der Waals surface area (Å²) in [5.74, 6) is -0.861. The van der Waals surface area contributed by atoms with Gasteiger partial charge in [0.25, 0.3) is 5.91 Å². The van der Waals surface area contributed by atoms with Gasteiger partial charge in [-0.3, -0.25) is 9.69 Å². The maximum Gasteiger partial charge on any atom is 0.412 e. The summed E-state index contributed by atoms with van der Waals surface area (Å²) in [6, 6.07) is 0. The van der Waals surface area contributed by atoms with E-state index in [9.17, 15) is 22.4 Å². The number of aliphatic imine (C=N–C) groups is 1. The van der Waals surface area contributed by atoms with Crippen LogP contribution in [0.3, 0.4) is 0 Å². The second-order valence-electron chi connectivity index (χ2n) is 7.82. The quantitative estimate of drug-likeness (QED) is 0.713. The molecule has 0 spiro atoms. The number of ether oxygens (including phenoxy) is 1. The molecule has 0 aromatic carbocycles. The van der Waals surface area contributed by atoms with E-state index < -0.39 is 35.6 Å². The molecule has 2 atom stereocenters. The van der Waals surface area contributed by atoms with Crippen LogP contribution >= 0.6 is 0 Å². The zero-order chi connectivity index (χ0) is 20.5. The predicted octanol–water partition coefficient (Wildman–Crippen LogP) is 3.61. The first-order chi connectivity index (χ1) is 13.1. The summed E-state index contributed by atoms with van der Waals surface area (Å²) in [5, 5.41) is 0. The average Bonchev–Trinajstić information content (AvgIpc) is 2.85. The number of alkyl halides is 3. The van der Waals surface area contributed by atoms with Gasteiger partial charge in [-0.2, -0.15) is 13.2 Å². The summed E-state index contributed by atoms with van der Waals surface area (Å²) < 4.78 is 58.5. The zero-order valence-corrected chi connectivity index (χ0v) is 15.8. The third-order valence-electron chi connectivity index (χ3n) is 5.77. The summed E-state index contributed by atoms with van der Waals surface area (Å²) >= 11 is 0. The molecule has 0 bridgehead atoms. The lowest BCUT2D eigenvalue weighted by Crippen LogP contribution is -2.47. The maximum absolute atomic E-state index is 14.1. The first-order valence-corrected chi connectivity index (χ1v) is 9.51. The number of amides is 1. The molecule has 0 aromatic rings. The van der Waals surface area contributed by atoms with Crippen LogP contribution in [0.4, 0.5) is 17.6 Å². The first kappa shape index (κ1) is 20.8. The summed E-state index contributed by atoms with van der Waals surface area (Å²) in [6.45, 7) is -0.301. The number of carbonyl (C=O) groups excluding carboxylic acids is 1. The van der Waals surface area contributed by atoms with Gasteiger partial charge < -0.3 is 10.5 Å². The number of allylic oxidation sites excluding steroid dienone is 2. The third-order valence-corrected chi connectivity index (χ3v) is 5.77. The molecule has 2 unspecified atom stereocenters. The van der Waals surface area contributed by atoms with Crippen molar-refractivity contribution in [3.8, 4) is 0 Å². The van der Waals surface area contributed by atoms with Gasteiger partial charge >= 0.3 is 6.18 Å². The molecule has 156 valence electrons. The van der Waals surface area contributed by atoms with Gasteiger partial charge in [0, 0.05) is 19.0 Å². The molecule has 1 saturated carbocycles. The highest BCUT2D eigenvalue weighted by Crippen LogP contribution is 2.38. The molecular weight excluding hydrogens is 378 g/mol. The standard InChI is InChI=1S/C19H25F4N3O2/c1-26-16(27)18(25-17(26)24,10-12-5-3-2-4-6-12)11-28-15-9-13(19(21,22)23)7-8-14(15)20/h7-8,12,15H,2-6,9-11H2,1H3,(H2,24,25). The van der Waals surface area contributed by atoms with Crippen molar-refractivity contribution >= 4 is 11.9 Å². The van der Waals surface area contributed by atoms with Crippen LogP contribution in [-0.2, 0) is 9.53 Å². The lowest BCUT2D eigenvalue weighted by molar-refractivity contribution is -0.134. The number of nitrogens with two attached hydrogens (primary N) is 1. The van der Waals surface area contributed by atoms with Gasteiger partial charge in [0.05, 0.1) is 6.61 Å². The van der Waals surface area contributed by atoms with E-state index in [-0.39, 0.29) is 24.4 Å². The van der Waals surface area contributed by atoms with Crippen LogP contribution in [0, 0.1) is 5.92 Å². The highest BCUT2D eigenvalue weighted by atomic mass is 19.4. The Kier molecular flexibility index (Phi) is 5.84. The Labute approximate surface area is 161 Å². The normalized spacial score (nSPS) is 29.6. The Balaban J connectivity index is 1.75. The Hall–Kier alpha value is -1.90. The van der Waals surface area contributed by atoms with Crippen molar-refractivity contribution in [2.45, 2.75) is 62.8 Å². The van der Waals surface area contributed by atoms with Crippen molar-refractivity contribution < 1.29 is 27.1 Å². The molecule has 9 heteroatoms. The first-order valence-electron chi connectivity index (χ1n) is 9.51. The van der Waals surface area contributed by atoms with E-state index in [1.807, 2.05) is 0 Å². The van der Waals surface area contributed by atoms with E-state index in [1.165, 1.54) is 11.9 Å². The number of halogens is 4. The fourth-order valence-corrected chi connectivity index (χ4v) is 4.15. The minimum Gasteiger partial charge on any atom is -0.369 e. The van der Waals surface area contributed by atoms with Crippen LogP contribution < -0.4 is 5.73 Å². The Morgan fingerprint density at radius 2 is 1.96 bits per heavy atom. The van der Waals surface area contributed by atoms with Crippen LogP contribution in [-0.4, -0.2) is 48.2 Å². The average molecular weight is 403 g/mol. The highest BCUT2D eigenvalue weighted by Gasteiger charge is 2.49. The molecule has 1 fully saturated rings. The van der Waals surface area contributed by atoms with E-state index in [4.69, 9.17) is 10.5 Å². The topological polar surface area (TPSA) is 67.9 Å². The highest BCUT2D eigenvalue weighted by molar-refractivity contribution is 6.06. The lowest BCUT2D eigenvalue weighted by Gasteiger charge is -2.32. The van der Waals surface area contributed by atoms with Crippen molar-refractivity contribution in [1.82, 2.24) is 4.90 Å². The fraction of sp³-hybridized carbons (Fsp3) is 0.684. The molecule has 3 rings (SSSR count). The smallest absolute Gasteiger partial charge is 0.369 e. The number of hydrogen-bond acceptors (Lipinski definition) is 4. The van der Waals surface area contributed by atoms with Gasteiger partial charge in [-0.05, 0) is 18.4 Å². The summed E-state index contributed by atoms with van der Waals surface area (Å²) in [5.41, 5.74) is 3.65. The number of nitrogens with zero attached hydrogens (tertiary/aromatic N) is 2. The summed E-state index contributed by atoms with van der Waals surface area (Å²) in [6.07, 6.45) is 0.483. The molecule has 0 aromatic heterocycles. The molecule has 1 amide bonds. The second-order valence-corrected chi connectivity index (χ2v) is 7.82. The Bertz CT molecular complexity index is 710. The molecule has 5 nitrogen and oxygen atoms in total. The van der Waals surface area contributed by atoms with Crippen molar-refractivity contribution in [3.63, 3.8) is 0 Å². The van der Waals surface area contributed by atoms with E-state index in [0.717, 1.165) is 44.3 Å². The zero-order valence-electron chi connectivity index (χ0n) is 15.8. The van der Waals surface area contributed by atoms with Crippen LogP contribution in [0.15, 0.2) is 28.5 Å². The molecule has 3 aliphatic rings.